The van der Waals surface area contributed by atoms with Crippen molar-refractivity contribution in [2.24, 2.45) is 0 Å². The molecular weight excluding hydrogens is 308 g/mol. The lowest BCUT2D eigenvalue weighted by Crippen LogP contribution is -2.56. The molecule has 0 saturated heterocycles. The first kappa shape index (κ1) is 19.7. The highest BCUT2D eigenvalue weighted by Gasteiger charge is 2.33. The number of nitrogens with zero attached hydrogens (tertiary/aromatic N) is 2. The summed E-state index contributed by atoms with van der Waals surface area (Å²) in [6.45, 7) is 5.06. The van der Waals surface area contributed by atoms with Crippen molar-refractivity contribution in [2.45, 2.75) is 52.2 Å². The van der Waals surface area contributed by atoms with E-state index in [1.807, 2.05) is 6.92 Å². The molecule has 0 aromatic heterocycles. The summed E-state index contributed by atoms with van der Waals surface area (Å²) in [4.78, 5) is 38.9. The third kappa shape index (κ3) is 4.81. The van der Waals surface area contributed by atoms with Gasteiger partial charge in [0.15, 0.2) is 5.78 Å². The zero-order chi connectivity index (χ0) is 18.3. The van der Waals surface area contributed by atoms with Crippen LogP contribution in [0.15, 0.2) is 24.3 Å². The Morgan fingerprint density at radius 1 is 1.21 bits per heavy atom. The van der Waals surface area contributed by atoms with Gasteiger partial charge in [0.1, 0.15) is 11.9 Å². The lowest BCUT2D eigenvalue weighted by atomic mass is 9.99. The molecule has 24 heavy (non-hydrogen) atoms. The maximum atomic E-state index is 12.5. The highest BCUT2D eigenvalue weighted by molar-refractivity contribution is 5.88. The van der Waals surface area contributed by atoms with Gasteiger partial charge in [0.2, 0.25) is 12.3 Å². The van der Waals surface area contributed by atoms with E-state index in [2.05, 4.69) is 0 Å². The highest BCUT2D eigenvalue weighted by Crippen LogP contribution is 2.19. The SMILES string of the molecule is CCC(=O)N(C(CC)N(C)C=O)[C@@H](Cc1ccc(O)cc1)C(C)=O. The average Bonchev–Trinajstić information content (AvgIpc) is 2.58. The maximum absolute atomic E-state index is 12.5. The molecule has 1 N–H and O–H groups in total. The van der Waals surface area contributed by atoms with Crippen molar-refractivity contribution in [3.05, 3.63) is 29.8 Å². The smallest absolute Gasteiger partial charge is 0.224 e. The van der Waals surface area contributed by atoms with Gasteiger partial charge in [0.25, 0.3) is 0 Å². The largest absolute Gasteiger partial charge is 0.508 e. The Morgan fingerprint density at radius 2 is 1.79 bits per heavy atom. The van der Waals surface area contributed by atoms with E-state index >= 15 is 0 Å². The number of hydrogen-bond donors (Lipinski definition) is 1. The van der Waals surface area contributed by atoms with Gasteiger partial charge in [0, 0.05) is 19.9 Å². The molecule has 1 unspecified atom stereocenters. The van der Waals surface area contributed by atoms with Crippen LogP contribution in [0.2, 0.25) is 0 Å². The summed E-state index contributed by atoms with van der Waals surface area (Å²) in [5.41, 5.74) is 0.838. The number of phenolic OH excluding ortho intramolecular Hbond substituents is 1. The lowest BCUT2D eigenvalue weighted by Gasteiger charge is -2.40. The van der Waals surface area contributed by atoms with Gasteiger partial charge >= 0.3 is 0 Å². The predicted molar refractivity (Wildman–Crippen MR) is 91.3 cm³/mol. The summed E-state index contributed by atoms with van der Waals surface area (Å²) in [7, 11) is 1.61. The van der Waals surface area contributed by atoms with Gasteiger partial charge < -0.3 is 14.9 Å². The molecule has 6 nitrogen and oxygen atoms in total. The molecule has 2 amide bonds. The molecular formula is C18H26N2O4. The average molecular weight is 334 g/mol. The molecule has 1 rings (SSSR count). The monoisotopic (exact) mass is 334 g/mol. The van der Waals surface area contributed by atoms with Crippen molar-refractivity contribution < 1.29 is 19.5 Å². The number of phenols is 1. The van der Waals surface area contributed by atoms with Crippen LogP contribution in [0.25, 0.3) is 0 Å². The van der Waals surface area contributed by atoms with Crippen LogP contribution >= 0.6 is 0 Å². The zero-order valence-corrected chi connectivity index (χ0v) is 14.7. The van der Waals surface area contributed by atoms with Crippen molar-refractivity contribution in [1.82, 2.24) is 9.80 Å². The molecule has 1 aromatic carbocycles. The Balaban J connectivity index is 3.21. The number of carbonyl (C=O) groups is 3. The van der Waals surface area contributed by atoms with Crippen molar-refractivity contribution in [3.8, 4) is 5.75 Å². The zero-order valence-electron chi connectivity index (χ0n) is 14.7. The van der Waals surface area contributed by atoms with Crippen LogP contribution in [0.1, 0.15) is 39.2 Å². The van der Waals surface area contributed by atoms with Crippen molar-refractivity contribution in [1.29, 1.82) is 0 Å². The van der Waals surface area contributed by atoms with Gasteiger partial charge in [-0.1, -0.05) is 26.0 Å². The van der Waals surface area contributed by atoms with E-state index in [4.69, 9.17) is 0 Å². The fourth-order valence-corrected chi connectivity index (χ4v) is 2.77. The topological polar surface area (TPSA) is 77.9 Å². The Labute approximate surface area is 143 Å². The fourth-order valence-electron chi connectivity index (χ4n) is 2.77. The summed E-state index contributed by atoms with van der Waals surface area (Å²) in [6, 6.07) is 5.89. The second kappa shape index (κ2) is 9.05. The number of ketones is 1. The second-order valence-corrected chi connectivity index (χ2v) is 5.81. The van der Waals surface area contributed by atoms with E-state index in [0.717, 1.165) is 5.56 Å². The Bertz CT molecular complexity index is 571. The minimum Gasteiger partial charge on any atom is -0.508 e. The van der Waals surface area contributed by atoms with Crippen molar-refractivity contribution >= 4 is 18.1 Å². The third-order valence-corrected chi connectivity index (χ3v) is 4.08. The van der Waals surface area contributed by atoms with E-state index in [1.165, 1.54) is 16.7 Å². The van der Waals surface area contributed by atoms with Crippen molar-refractivity contribution in [2.75, 3.05) is 7.05 Å². The molecule has 1 aromatic rings. The van der Waals surface area contributed by atoms with E-state index in [1.54, 1.807) is 38.2 Å². The molecule has 0 radical (unpaired) electrons. The van der Waals surface area contributed by atoms with Gasteiger partial charge in [-0.25, -0.2) is 0 Å². The number of carbonyl (C=O) groups excluding carboxylic acids is 3. The molecule has 2 atom stereocenters. The third-order valence-electron chi connectivity index (χ3n) is 4.08. The molecule has 0 saturated carbocycles. The number of rotatable bonds is 9. The standard InChI is InChI=1S/C18H26N2O4/c1-5-17(19(4)12-21)20(18(24)6-2)16(13(3)22)11-14-7-9-15(23)10-8-14/h7-10,12,16-17,23H,5-6,11H2,1-4H3/t16-,17?/m0/s1. The van der Waals surface area contributed by atoms with Crippen LogP contribution in [0.4, 0.5) is 0 Å². The van der Waals surface area contributed by atoms with E-state index in [-0.39, 0.29) is 23.9 Å². The summed E-state index contributed by atoms with van der Waals surface area (Å²) in [6.07, 6.45) is 1.32. The molecule has 6 heteroatoms. The normalized spacial score (nSPS) is 13.0. The van der Waals surface area contributed by atoms with Gasteiger partial charge in [-0.2, -0.15) is 0 Å². The minimum absolute atomic E-state index is 0.136. The number of aromatic hydroxyl groups is 1. The first-order valence-corrected chi connectivity index (χ1v) is 8.12. The van der Waals surface area contributed by atoms with Crippen LogP contribution < -0.4 is 0 Å². The van der Waals surface area contributed by atoms with E-state index in [0.29, 0.717) is 19.3 Å². The van der Waals surface area contributed by atoms with E-state index in [9.17, 15) is 19.5 Å². The number of benzene rings is 1. The van der Waals surface area contributed by atoms with E-state index < -0.39 is 12.2 Å². The molecule has 0 bridgehead atoms. The number of hydrogen-bond acceptors (Lipinski definition) is 4. The number of amides is 2. The summed E-state index contributed by atoms with van der Waals surface area (Å²) in [5, 5.41) is 9.39. The summed E-state index contributed by atoms with van der Waals surface area (Å²) >= 11 is 0. The molecule has 0 aliphatic carbocycles. The van der Waals surface area contributed by atoms with Crippen molar-refractivity contribution in [3.63, 3.8) is 0 Å². The van der Waals surface area contributed by atoms with Gasteiger partial charge in [-0.3, -0.25) is 14.4 Å². The van der Waals surface area contributed by atoms with Gasteiger partial charge in [0.05, 0.1) is 6.04 Å². The molecule has 0 spiro atoms. The van der Waals surface area contributed by atoms with Crippen LogP contribution in [-0.4, -0.2) is 52.3 Å². The Hall–Kier alpha value is -2.37. The van der Waals surface area contributed by atoms with Crippen LogP contribution in [-0.2, 0) is 20.8 Å². The molecule has 0 heterocycles. The van der Waals surface area contributed by atoms with Crippen LogP contribution in [0, 0.1) is 0 Å². The Morgan fingerprint density at radius 3 is 2.21 bits per heavy atom. The lowest BCUT2D eigenvalue weighted by molar-refractivity contribution is -0.148. The maximum Gasteiger partial charge on any atom is 0.224 e. The summed E-state index contributed by atoms with van der Waals surface area (Å²) in [5.74, 6) is -0.163. The van der Waals surface area contributed by atoms with Crippen LogP contribution in [0.3, 0.4) is 0 Å². The highest BCUT2D eigenvalue weighted by atomic mass is 16.3. The first-order valence-electron chi connectivity index (χ1n) is 8.12. The Kier molecular flexibility index (Phi) is 7.42. The minimum atomic E-state index is -0.658. The first-order chi connectivity index (χ1) is 11.3. The van der Waals surface area contributed by atoms with Crippen LogP contribution in [0.5, 0.6) is 5.75 Å². The van der Waals surface area contributed by atoms with Gasteiger partial charge in [-0.05, 0) is 31.0 Å². The quantitative estimate of drug-likeness (QED) is 0.553. The fraction of sp³-hybridized carbons (Fsp3) is 0.500. The second-order valence-electron chi connectivity index (χ2n) is 5.81. The molecule has 0 aliphatic rings. The van der Waals surface area contributed by atoms with Gasteiger partial charge in [-0.15, -0.1) is 0 Å². The molecule has 0 aliphatic heterocycles. The molecule has 0 fully saturated rings. The summed E-state index contributed by atoms with van der Waals surface area (Å²) < 4.78 is 0. The number of Topliss-reactive ketones (excluding diaryl/α,β-unsaturated/α-hetero) is 1. The predicted octanol–water partition coefficient (Wildman–Crippen LogP) is 1.96. The molecule has 132 valence electrons.